The van der Waals surface area contributed by atoms with Gasteiger partial charge in [-0.05, 0) is 31.0 Å². The molecule has 2 rings (SSSR count). The fourth-order valence-electron chi connectivity index (χ4n) is 2.22. The first kappa shape index (κ1) is 14.7. The number of benzene rings is 1. The van der Waals surface area contributed by atoms with Crippen molar-refractivity contribution >= 4 is 23.1 Å². The second-order valence-corrected chi connectivity index (χ2v) is 5.79. The third kappa shape index (κ3) is 2.14. The molecule has 0 radical (unpaired) electrons. The van der Waals surface area contributed by atoms with Crippen molar-refractivity contribution in [1.29, 1.82) is 0 Å². The zero-order valence-electron chi connectivity index (χ0n) is 12.0. The SMILES string of the molecule is COc1ccc(C2=C(O)C(C)(C(C)C)NC2=O)c(Cl)c1. The standard InChI is InChI=1S/C15H18ClNO3/c1-8(2)15(3)13(18)12(14(19)17-15)10-6-5-9(20-4)7-11(10)16/h5-8,18H,1-4H3,(H,17,19). The summed E-state index contributed by atoms with van der Waals surface area (Å²) in [7, 11) is 1.54. The number of rotatable bonds is 3. The Morgan fingerprint density at radius 2 is 2.05 bits per heavy atom. The van der Waals surface area contributed by atoms with E-state index in [4.69, 9.17) is 16.3 Å². The molecule has 1 amide bonds. The lowest BCUT2D eigenvalue weighted by Crippen LogP contribution is -2.46. The van der Waals surface area contributed by atoms with Crippen LogP contribution in [0.5, 0.6) is 5.75 Å². The Kier molecular flexibility index (Phi) is 3.69. The van der Waals surface area contributed by atoms with E-state index in [-0.39, 0.29) is 23.2 Å². The molecule has 0 saturated carbocycles. The maximum Gasteiger partial charge on any atom is 0.256 e. The van der Waals surface area contributed by atoms with Crippen LogP contribution in [0.2, 0.25) is 5.02 Å². The van der Waals surface area contributed by atoms with Gasteiger partial charge < -0.3 is 15.2 Å². The molecule has 108 valence electrons. The molecule has 20 heavy (non-hydrogen) atoms. The Bertz CT molecular complexity index is 595. The first-order valence-electron chi connectivity index (χ1n) is 6.41. The zero-order valence-corrected chi connectivity index (χ0v) is 12.7. The van der Waals surface area contributed by atoms with Crippen LogP contribution in [0.3, 0.4) is 0 Å². The molecule has 1 unspecified atom stereocenters. The normalized spacial score (nSPS) is 22.4. The minimum absolute atomic E-state index is 0.0320. The molecule has 0 spiro atoms. The van der Waals surface area contributed by atoms with Crippen molar-refractivity contribution in [2.45, 2.75) is 26.3 Å². The lowest BCUT2D eigenvalue weighted by atomic mass is 9.86. The first-order chi connectivity index (χ1) is 9.31. The van der Waals surface area contributed by atoms with Gasteiger partial charge in [0.1, 0.15) is 11.5 Å². The van der Waals surface area contributed by atoms with Crippen molar-refractivity contribution < 1.29 is 14.6 Å². The average molecular weight is 296 g/mol. The number of methoxy groups -OCH3 is 1. The van der Waals surface area contributed by atoms with E-state index in [1.165, 1.54) is 0 Å². The zero-order chi connectivity index (χ0) is 15.1. The van der Waals surface area contributed by atoms with E-state index in [9.17, 15) is 9.90 Å². The van der Waals surface area contributed by atoms with Crippen molar-refractivity contribution in [3.05, 3.63) is 34.5 Å². The predicted molar refractivity (Wildman–Crippen MR) is 78.9 cm³/mol. The lowest BCUT2D eigenvalue weighted by Gasteiger charge is -2.29. The highest BCUT2D eigenvalue weighted by atomic mass is 35.5. The van der Waals surface area contributed by atoms with Crippen molar-refractivity contribution in [1.82, 2.24) is 5.32 Å². The summed E-state index contributed by atoms with van der Waals surface area (Å²) in [5, 5.41) is 13.7. The van der Waals surface area contributed by atoms with E-state index < -0.39 is 5.54 Å². The summed E-state index contributed by atoms with van der Waals surface area (Å²) in [6.07, 6.45) is 0. The highest BCUT2D eigenvalue weighted by molar-refractivity contribution is 6.35. The minimum atomic E-state index is -0.768. The van der Waals surface area contributed by atoms with Crippen molar-refractivity contribution in [3.8, 4) is 5.75 Å². The van der Waals surface area contributed by atoms with Crippen molar-refractivity contribution in [2.24, 2.45) is 5.92 Å². The molecule has 0 aliphatic carbocycles. The van der Waals surface area contributed by atoms with E-state index in [1.54, 1.807) is 32.2 Å². The Morgan fingerprint density at radius 1 is 1.40 bits per heavy atom. The Labute approximate surface area is 123 Å². The summed E-state index contributed by atoms with van der Waals surface area (Å²) in [6.45, 7) is 5.68. The van der Waals surface area contributed by atoms with Crippen molar-refractivity contribution in [2.75, 3.05) is 7.11 Å². The number of carbonyl (C=O) groups excluding carboxylic acids is 1. The minimum Gasteiger partial charge on any atom is -0.509 e. The molecule has 0 saturated heterocycles. The van der Waals surface area contributed by atoms with Gasteiger partial charge in [0.2, 0.25) is 0 Å². The third-order valence-corrected chi connectivity index (χ3v) is 4.24. The maximum absolute atomic E-state index is 12.2. The number of ether oxygens (including phenoxy) is 1. The number of hydrogen-bond acceptors (Lipinski definition) is 3. The van der Waals surface area contributed by atoms with Gasteiger partial charge in [0, 0.05) is 5.56 Å². The molecule has 4 nitrogen and oxygen atoms in total. The van der Waals surface area contributed by atoms with Crippen LogP contribution in [-0.4, -0.2) is 23.7 Å². The third-order valence-electron chi connectivity index (χ3n) is 3.93. The second-order valence-electron chi connectivity index (χ2n) is 5.38. The second kappa shape index (κ2) is 5.02. The molecule has 5 heteroatoms. The van der Waals surface area contributed by atoms with Gasteiger partial charge in [-0.25, -0.2) is 0 Å². The van der Waals surface area contributed by atoms with E-state index in [0.29, 0.717) is 16.3 Å². The molecule has 1 aliphatic rings. The van der Waals surface area contributed by atoms with Gasteiger partial charge in [0.05, 0.1) is 23.2 Å². The van der Waals surface area contributed by atoms with Gasteiger partial charge in [-0.2, -0.15) is 0 Å². The molecule has 1 heterocycles. The fourth-order valence-corrected chi connectivity index (χ4v) is 2.48. The number of aliphatic hydroxyl groups excluding tert-OH is 1. The number of amides is 1. The van der Waals surface area contributed by atoms with Crippen LogP contribution in [0.15, 0.2) is 24.0 Å². The van der Waals surface area contributed by atoms with E-state index in [2.05, 4.69) is 5.32 Å². The summed E-state index contributed by atoms with van der Waals surface area (Å²) in [5.41, 5.74) is -0.0314. The Balaban J connectivity index is 2.57. The molecule has 0 fully saturated rings. The van der Waals surface area contributed by atoms with Crippen LogP contribution < -0.4 is 10.1 Å². The molecule has 2 N–H and O–H groups in total. The number of hydrogen-bond donors (Lipinski definition) is 2. The molecule has 0 bridgehead atoms. The summed E-state index contributed by atoms with van der Waals surface area (Å²) in [4.78, 5) is 12.2. The van der Waals surface area contributed by atoms with Crippen LogP contribution in [0.25, 0.3) is 5.57 Å². The van der Waals surface area contributed by atoms with Gasteiger partial charge in [-0.15, -0.1) is 0 Å². The van der Waals surface area contributed by atoms with E-state index >= 15 is 0 Å². The van der Waals surface area contributed by atoms with Crippen molar-refractivity contribution in [3.63, 3.8) is 0 Å². The van der Waals surface area contributed by atoms with Crippen LogP contribution in [0, 0.1) is 5.92 Å². The highest BCUT2D eigenvalue weighted by Gasteiger charge is 2.44. The topological polar surface area (TPSA) is 58.6 Å². The summed E-state index contributed by atoms with van der Waals surface area (Å²) >= 11 is 6.19. The Morgan fingerprint density at radius 3 is 2.50 bits per heavy atom. The molecular formula is C15H18ClNO3. The van der Waals surface area contributed by atoms with E-state index in [0.717, 1.165) is 0 Å². The van der Waals surface area contributed by atoms with Crippen LogP contribution in [0.1, 0.15) is 26.3 Å². The predicted octanol–water partition coefficient (Wildman–Crippen LogP) is 3.16. The van der Waals surface area contributed by atoms with Crippen LogP contribution >= 0.6 is 11.6 Å². The largest absolute Gasteiger partial charge is 0.509 e. The summed E-state index contributed by atoms with van der Waals surface area (Å²) in [5.74, 6) is 0.375. The van der Waals surface area contributed by atoms with Crippen LogP contribution in [0.4, 0.5) is 0 Å². The highest BCUT2D eigenvalue weighted by Crippen LogP contribution is 2.39. The summed E-state index contributed by atoms with van der Waals surface area (Å²) in [6, 6.07) is 5.01. The van der Waals surface area contributed by atoms with E-state index in [1.807, 2.05) is 13.8 Å². The number of halogens is 1. The molecule has 1 aromatic rings. The first-order valence-corrected chi connectivity index (χ1v) is 6.79. The number of aliphatic hydroxyl groups is 1. The molecular weight excluding hydrogens is 278 g/mol. The Hall–Kier alpha value is -1.68. The quantitative estimate of drug-likeness (QED) is 0.900. The van der Waals surface area contributed by atoms with Gasteiger partial charge in [0.25, 0.3) is 5.91 Å². The molecule has 1 atom stereocenters. The lowest BCUT2D eigenvalue weighted by molar-refractivity contribution is -0.116. The van der Waals surface area contributed by atoms with Gasteiger partial charge >= 0.3 is 0 Å². The number of carbonyl (C=O) groups is 1. The molecule has 1 aromatic carbocycles. The molecule has 1 aliphatic heterocycles. The van der Waals surface area contributed by atoms with Crippen LogP contribution in [-0.2, 0) is 4.79 Å². The van der Waals surface area contributed by atoms with Gasteiger partial charge in [-0.3, -0.25) is 4.79 Å². The monoisotopic (exact) mass is 295 g/mol. The molecule has 0 aromatic heterocycles. The smallest absolute Gasteiger partial charge is 0.256 e. The van der Waals surface area contributed by atoms with Gasteiger partial charge in [-0.1, -0.05) is 25.4 Å². The average Bonchev–Trinajstić information content (AvgIpc) is 2.62. The maximum atomic E-state index is 12.2. The number of nitrogens with one attached hydrogen (secondary N) is 1. The summed E-state index contributed by atoms with van der Waals surface area (Å²) < 4.78 is 5.08. The fraction of sp³-hybridized carbons (Fsp3) is 0.400. The van der Waals surface area contributed by atoms with Gasteiger partial charge in [0.15, 0.2) is 0 Å².